The fourth-order valence-corrected chi connectivity index (χ4v) is 4.98. The van der Waals surface area contributed by atoms with Crippen molar-refractivity contribution >= 4 is 11.8 Å². The molecule has 0 radical (unpaired) electrons. The zero-order valence-corrected chi connectivity index (χ0v) is 18.7. The number of aromatic nitrogens is 1. The van der Waals surface area contributed by atoms with Crippen molar-refractivity contribution in [3.05, 3.63) is 36.2 Å². The van der Waals surface area contributed by atoms with Crippen molar-refractivity contribution in [2.45, 2.75) is 64.1 Å². The smallest absolute Gasteiger partial charge is 0.271 e. The van der Waals surface area contributed by atoms with Gasteiger partial charge in [-0.1, -0.05) is 19.8 Å². The van der Waals surface area contributed by atoms with Crippen molar-refractivity contribution in [3.8, 4) is 11.5 Å². The van der Waals surface area contributed by atoms with Crippen molar-refractivity contribution in [1.82, 2.24) is 14.8 Å². The summed E-state index contributed by atoms with van der Waals surface area (Å²) in [5.74, 6) is 0.926. The molecule has 2 aromatic heterocycles. The second-order valence-corrected chi connectivity index (χ2v) is 9.09. The topological polar surface area (TPSA) is 76.7 Å². The standard InChI is InChI=1S/C24H33N3O4/c1-17-8-4-5-9-18(17)25-23(29)24(2)16-26-19(21-10-6-15-31-21)11-12-20(26)22(28)27(24)13-7-14-30-3/h6,10-12,15,17-18H,4-5,7-9,13-14,16H2,1-3H3,(H,25,29)/t17-,18+,24+/m0/s1. The first kappa shape index (κ1) is 21.7. The van der Waals surface area contributed by atoms with E-state index in [1.54, 1.807) is 18.3 Å². The lowest BCUT2D eigenvalue weighted by molar-refractivity contribution is -0.134. The Hall–Kier alpha value is -2.54. The van der Waals surface area contributed by atoms with Crippen LogP contribution < -0.4 is 5.32 Å². The summed E-state index contributed by atoms with van der Waals surface area (Å²) >= 11 is 0. The average Bonchev–Trinajstić information content (AvgIpc) is 3.42. The molecule has 3 atom stereocenters. The van der Waals surface area contributed by atoms with Crippen LogP contribution in [0.1, 0.15) is 56.4 Å². The molecule has 0 spiro atoms. The van der Waals surface area contributed by atoms with Crippen molar-refractivity contribution in [2.75, 3.05) is 20.3 Å². The number of furan rings is 1. The fourth-order valence-electron chi connectivity index (χ4n) is 4.98. The van der Waals surface area contributed by atoms with Crippen LogP contribution in [0.2, 0.25) is 0 Å². The van der Waals surface area contributed by atoms with Crippen LogP contribution in [0.5, 0.6) is 0 Å². The first-order chi connectivity index (χ1) is 15.0. The predicted molar refractivity (Wildman–Crippen MR) is 118 cm³/mol. The molecule has 1 N–H and O–H groups in total. The molecule has 2 aromatic rings. The third-order valence-electron chi connectivity index (χ3n) is 6.93. The Kier molecular flexibility index (Phi) is 6.23. The SMILES string of the molecule is COCCCN1C(=O)c2ccc(-c3ccco3)n2C[C@]1(C)C(=O)N[C@@H]1CCCC[C@@H]1C. The third-order valence-corrected chi connectivity index (χ3v) is 6.93. The van der Waals surface area contributed by atoms with Crippen molar-refractivity contribution in [3.63, 3.8) is 0 Å². The van der Waals surface area contributed by atoms with Gasteiger partial charge in [0.15, 0.2) is 0 Å². The molecule has 3 heterocycles. The maximum Gasteiger partial charge on any atom is 0.271 e. The minimum atomic E-state index is -0.991. The van der Waals surface area contributed by atoms with Gasteiger partial charge in [0.1, 0.15) is 17.0 Å². The van der Waals surface area contributed by atoms with Gasteiger partial charge in [-0.05, 0) is 56.4 Å². The molecule has 7 heteroatoms. The molecule has 2 aliphatic rings. The van der Waals surface area contributed by atoms with E-state index in [2.05, 4.69) is 12.2 Å². The van der Waals surface area contributed by atoms with E-state index in [0.717, 1.165) is 25.0 Å². The Morgan fingerprint density at radius 1 is 1.26 bits per heavy atom. The normalized spacial score (nSPS) is 26.0. The Labute approximate surface area is 183 Å². The van der Waals surface area contributed by atoms with Gasteiger partial charge in [0.25, 0.3) is 5.91 Å². The summed E-state index contributed by atoms with van der Waals surface area (Å²) in [5.41, 5.74) is 0.408. The van der Waals surface area contributed by atoms with E-state index in [-0.39, 0.29) is 17.9 Å². The molecule has 0 aromatic carbocycles. The lowest BCUT2D eigenvalue weighted by Crippen LogP contribution is -2.65. The number of hydrogen-bond donors (Lipinski definition) is 1. The Balaban J connectivity index is 1.66. The van der Waals surface area contributed by atoms with Gasteiger partial charge in [-0.15, -0.1) is 0 Å². The summed E-state index contributed by atoms with van der Waals surface area (Å²) < 4.78 is 12.7. The molecular weight excluding hydrogens is 394 g/mol. The molecule has 168 valence electrons. The van der Waals surface area contributed by atoms with Gasteiger partial charge in [-0.25, -0.2) is 0 Å². The highest BCUT2D eigenvalue weighted by atomic mass is 16.5. The van der Waals surface area contributed by atoms with Gasteiger partial charge in [0.2, 0.25) is 5.91 Å². The number of nitrogens with zero attached hydrogens (tertiary/aromatic N) is 2. The number of amides is 2. The lowest BCUT2D eigenvalue weighted by atomic mass is 9.85. The Morgan fingerprint density at radius 2 is 2.03 bits per heavy atom. The van der Waals surface area contributed by atoms with E-state index in [4.69, 9.17) is 9.15 Å². The predicted octanol–water partition coefficient (Wildman–Crippen LogP) is 3.69. The van der Waals surface area contributed by atoms with Gasteiger partial charge in [0, 0.05) is 26.3 Å². The van der Waals surface area contributed by atoms with Gasteiger partial charge in [-0.2, -0.15) is 0 Å². The number of carbonyl (C=O) groups is 2. The van der Waals surface area contributed by atoms with Crippen molar-refractivity contribution < 1.29 is 18.7 Å². The van der Waals surface area contributed by atoms with Crippen LogP contribution in [-0.4, -0.2) is 53.1 Å². The van der Waals surface area contributed by atoms with Crippen molar-refractivity contribution in [1.29, 1.82) is 0 Å². The highest BCUT2D eigenvalue weighted by Gasteiger charge is 2.48. The molecule has 0 saturated heterocycles. The zero-order valence-electron chi connectivity index (χ0n) is 18.7. The van der Waals surface area contributed by atoms with Crippen LogP contribution in [0.3, 0.4) is 0 Å². The Bertz CT molecular complexity index is 919. The molecule has 1 saturated carbocycles. The first-order valence-corrected chi connectivity index (χ1v) is 11.3. The van der Waals surface area contributed by atoms with E-state index < -0.39 is 5.54 Å². The van der Waals surface area contributed by atoms with Crippen LogP contribution in [0.15, 0.2) is 34.9 Å². The lowest BCUT2D eigenvalue weighted by Gasteiger charge is -2.45. The maximum absolute atomic E-state index is 13.7. The van der Waals surface area contributed by atoms with Crippen LogP contribution in [0, 0.1) is 5.92 Å². The van der Waals surface area contributed by atoms with Gasteiger partial charge >= 0.3 is 0 Å². The molecule has 2 amide bonds. The number of rotatable bonds is 7. The summed E-state index contributed by atoms with van der Waals surface area (Å²) in [5, 5.41) is 3.30. The largest absolute Gasteiger partial charge is 0.463 e. The molecule has 7 nitrogen and oxygen atoms in total. The second kappa shape index (κ2) is 8.91. The van der Waals surface area contributed by atoms with E-state index in [1.165, 1.54) is 6.42 Å². The fraction of sp³-hybridized carbons (Fsp3) is 0.583. The van der Waals surface area contributed by atoms with Crippen LogP contribution >= 0.6 is 0 Å². The zero-order chi connectivity index (χ0) is 22.0. The molecular formula is C24H33N3O4. The number of carbonyl (C=O) groups excluding carboxylic acids is 2. The van der Waals surface area contributed by atoms with Gasteiger partial charge in [0.05, 0.1) is 18.5 Å². The Morgan fingerprint density at radius 3 is 2.74 bits per heavy atom. The van der Waals surface area contributed by atoms with E-state index >= 15 is 0 Å². The number of fused-ring (bicyclic) bond motifs is 1. The van der Waals surface area contributed by atoms with Crippen molar-refractivity contribution in [2.24, 2.45) is 5.92 Å². The summed E-state index contributed by atoms with van der Waals surface area (Å²) in [6, 6.07) is 7.58. The van der Waals surface area contributed by atoms with Gasteiger partial charge in [-0.3, -0.25) is 9.59 Å². The third kappa shape index (κ3) is 4.03. The number of nitrogens with one attached hydrogen (secondary N) is 1. The van der Waals surface area contributed by atoms with Gasteiger partial charge < -0.3 is 23.9 Å². The number of ether oxygens (including phenoxy) is 1. The molecule has 4 rings (SSSR count). The summed E-state index contributed by atoms with van der Waals surface area (Å²) in [6.45, 7) is 5.48. The second-order valence-electron chi connectivity index (χ2n) is 9.09. The number of methoxy groups -OCH3 is 1. The van der Waals surface area contributed by atoms with Crippen LogP contribution in [-0.2, 0) is 16.1 Å². The minimum absolute atomic E-state index is 0.0817. The molecule has 0 unspecified atom stereocenters. The highest BCUT2D eigenvalue weighted by Crippen LogP contribution is 2.34. The quantitative estimate of drug-likeness (QED) is 0.684. The van der Waals surface area contributed by atoms with E-state index in [1.807, 2.05) is 35.8 Å². The molecule has 1 fully saturated rings. The van der Waals surface area contributed by atoms with Crippen LogP contribution in [0.25, 0.3) is 11.5 Å². The molecule has 1 aliphatic carbocycles. The summed E-state index contributed by atoms with van der Waals surface area (Å²) in [7, 11) is 1.65. The van der Waals surface area contributed by atoms with E-state index in [9.17, 15) is 9.59 Å². The minimum Gasteiger partial charge on any atom is -0.463 e. The molecule has 31 heavy (non-hydrogen) atoms. The monoisotopic (exact) mass is 427 g/mol. The number of hydrogen-bond acceptors (Lipinski definition) is 4. The summed E-state index contributed by atoms with van der Waals surface area (Å²) in [6.07, 6.45) is 6.76. The average molecular weight is 428 g/mol. The summed E-state index contributed by atoms with van der Waals surface area (Å²) in [4.78, 5) is 28.9. The first-order valence-electron chi connectivity index (χ1n) is 11.3. The maximum atomic E-state index is 13.7. The van der Waals surface area contributed by atoms with E-state index in [0.29, 0.717) is 43.5 Å². The van der Waals surface area contributed by atoms with Crippen LogP contribution in [0.4, 0.5) is 0 Å². The highest BCUT2D eigenvalue weighted by molar-refractivity contribution is 6.00. The molecule has 0 bridgehead atoms. The molecule has 1 aliphatic heterocycles.